The molecule has 3 aromatic carbocycles. The monoisotopic (exact) mass is 581 g/mol. The summed E-state index contributed by atoms with van der Waals surface area (Å²) in [5, 5.41) is 0. The van der Waals surface area contributed by atoms with Crippen molar-refractivity contribution in [2.75, 3.05) is 13.7 Å². The molecule has 0 radical (unpaired) electrons. The van der Waals surface area contributed by atoms with Crippen molar-refractivity contribution in [2.24, 2.45) is 10.9 Å². The standard InChI is InChI=1S/C35H35NO7/c1-5-41-31-19-25(13-16-30(31)43-22(3)37)33-32(35(39)42-20-23-9-7-6-8-10-23)21(2)36-28-17-26(18-29(38)34(28)33)24-11-14-27(40-4)15-12-24/h6-16,19,26,33-34H,5,17-18,20H2,1-4H3/t26-,33-,34?/m1/s1. The van der Waals surface area contributed by atoms with Crippen molar-refractivity contribution in [3.8, 4) is 17.2 Å². The summed E-state index contributed by atoms with van der Waals surface area (Å²) in [6.07, 6.45) is 0.883. The quantitative estimate of drug-likeness (QED) is 0.215. The van der Waals surface area contributed by atoms with Crippen molar-refractivity contribution < 1.29 is 33.3 Å². The summed E-state index contributed by atoms with van der Waals surface area (Å²) in [6.45, 7) is 5.36. The van der Waals surface area contributed by atoms with Gasteiger partial charge in [0.05, 0.1) is 25.2 Å². The van der Waals surface area contributed by atoms with Crippen molar-refractivity contribution in [3.05, 3.63) is 101 Å². The molecule has 0 amide bonds. The Morgan fingerprint density at radius 3 is 2.30 bits per heavy atom. The summed E-state index contributed by atoms with van der Waals surface area (Å²) < 4.78 is 22.3. The highest BCUT2D eigenvalue weighted by molar-refractivity contribution is 6.12. The van der Waals surface area contributed by atoms with E-state index in [0.717, 1.165) is 22.6 Å². The fraction of sp³-hybridized carbons (Fsp3) is 0.314. The number of esters is 2. The second kappa shape index (κ2) is 13.1. The fourth-order valence-electron chi connectivity index (χ4n) is 5.94. The molecule has 1 heterocycles. The first kappa shape index (κ1) is 29.8. The van der Waals surface area contributed by atoms with E-state index in [9.17, 15) is 14.4 Å². The molecule has 0 N–H and O–H groups in total. The number of aliphatic imine (C=N–C) groups is 1. The molecule has 1 aliphatic heterocycles. The van der Waals surface area contributed by atoms with E-state index >= 15 is 0 Å². The van der Waals surface area contributed by atoms with Gasteiger partial charge in [0.1, 0.15) is 18.1 Å². The highest BCUT2D eigenvalue weighted by Gasteiger charge is 2.46. The van der Waals surface area contributed by atoms with E-state index in [-0.39, 0.29) is 24.1 Å². The molecule has 3 aromatic rings. The Morgan fingerprint density at radius 2 is 1.63 bits per heavy atom. The third kappa shape index (κ3) is 6.53. The number of nitrogens with zero attached hydrogens (tertiary/aromatic N) is 1. The van der Waals surface area contributed by atoms with E-state index in [2.05, 4.69) is 0 Å². The van der Waals surface area contributed by atoms with Gasteiger partial charge in [-0.25, -0.2) is 4.79 Å². The normalized spacial score (nSPS) is 19.7. The molecule has 0 spiro atoms. The Hall–Kier alpha value is -4.72. The number of ketones is 1. The number of Topliss-reactive ketones (excluding diaryl/α,β-unsaturated/α-hetero) is 1. The van der Waals surface area contributed by atoms with Gasteiger partial charge < -0.3 is 18.9 Å². The van der Waals surface area contributed by atoms with Gasteiger partial charge in [-0.05, 0) is 67.1 Å². The van der Waals surface area contributed by atoms with Crippen molar-refractivity contribution in [2.45, 2.75) is 52.1 Å². The van der Waals surface area contributed by atoms with E-state index in [1.165, 1.54) is 6.92 Å². The first-order valence-corrected chi connectivity index (χ1v) is 14.4. The molecular weight excluding hydrogens is 546 g/mol. The molecule has 0 bridgehead atoms. The predicted molar refractivity (Wildman–Crippen MR) is 161 cm³/mol. The molecule has 1 aliphatic carbocycles. The van der Waals surface area contributed by atoms with Crippen LogP contribution in [0.4, 0.5) is 0 Å². The largest absolute Gasteiger partial charge is 0.497 e. The summed E-state index contributed by atoms with van der Waals surface area (Å²) in [6, 6.07) is 22.3. The Morgan fingerprint density at radius 1 is 0.907 bits per heavy atom. The second-order valence-electron chi connectivity index (χ2n) is 10.7. The number of fused-ring (bicyclic) bond motifs is 1. The van der Waals surface area contributed by atoms with Crippen LogP contribution < -0.4 is 14.2 Å². The number of hydrogen-bond donors (Lipinski definition) is 0. The van der Waals surface area contributed by atoms with E-state index < -0.39 is 23.8 Å². The van der Waals surface area contributed by atoms with Gasteiger partial charge in [0.25, 0.3) is 0 Å². The molecule has 1 unspecified atom stereocenters. The Bertz CT molecular complexity index is 1570. The maximum absolute atomic E-state index is 14.0. The number of ether oxygens (including phenoxy) is 4. The van der Waals surface area contributed by atoms with Gasteiger partial charge in [0, 0.05) is 30.7 Å². The zero-order valence-electron chi connectivity index (χ0n) is 24.8. The lowest BCUT2D eigenvalue weighted by molar-refractivity contribution is -0.141. The minimum atomic E-state index is -0.648. The van der Waals surface area contributed by atoms with E-state index in [1.807, 2.05) is 61.5 Å². The number of carbonyl (C=O) groups is 3. The minimum absolute atomic E-state index is 0.00120. The number of allylic oxidation sites excluding steroid dienone is 1. The van der Waals surface area contributed by atoms with Crippen LogP contribution in [0, 0.1) is 5.92 Å². The first-order valence-electron chi connectivity index (χ1n) is 14.4. The van der Waals surface area contributed by atoms with Crippen LogP contribution in [0.3, 0.4) is 0 Å². The lowest BCUT2D eigenvalue weighted by Crippen LogP contribution is -2.41. The van der Waals surface area contributed by atoms with Crippen molar-refractivity contribution in [3.63, 3.8) is 0 Å². The van der Waals surface area contributed by atoms with Crippen molar-refractivity contribution in [1.29, 1.82) is 0 Å². The van der Waals surface area contributed by atoms with Crippen LogP contribution in [-0.4, -0.2) is 37.2 Å². The number of rotatable bonds is 9. The molecule has 3 atom stereocenters. The molecule has 1 fully saturated rings. The van der Waals surface area contributed by atoms with Crippen LogP contribution in [0.15, 0.2) is 89.1 Å². The van der Waals surface area contributed by atoms with Gasteiger partial charge in [0.15, 0.2) is 11.5 Å². The molecule has 43 heavy (non-hydrogen) atoms. The molecule has 0 aromatic heterocycles. The van der Waals surface area contributed by atoms with E-state index in [0.29, 0.717) is 42.0 Å². The molecule has 1 saturated carbocycles. The minimum Gasteiger partial charge on any atom is -0.497 e. The highest BCUT2D eigenvalue weighted by atomic mass is 16.6. The molecule has 0 saturated heterocycles. The lowest BCUT2D eigenvalue weighted by atomic mass is 9.66. The maximum atomic E-state index is 14.0. The van der Waals surface area contributed by atoms with Gasteiger partial charge in [-0.2, -0.15) is 0 Å². The molecule has 8 heteroatoms. The third-order valence-electron chi connectivity index (χ3n) is 7.85. The zero-order chi connectivity index (χ0) is 30.5. The van der Waals surface area contributed by atoms with Crippen molar-refractivity contribution >= 4 is 23.4 Å². The average molecular weight is 582 g/mol. The van der Waals surface area contributed by atoms with Gasteiger partial charge in [-0.1, -0.05) is 48.5 Å². The van der Waals surface area contributed by atoms with Gasteiger partial charge in [-0.15, -0.1) is 0 Å². The SMILES string of the molecule is CCOc1cc([C@@H]2C(C(=O)OCc3ccccc3)=C(C)N=C3C[C@@H](c4ccc(OC)cc4)CC(=O)C32)ccc1OC(C)=O. The topological polar surface area (TPSA) is 100 Å². The number of carbonyl (C=O) groups excluding carboxylic acids is 3. The maximum Gasteiger partial charge on any atom is 0.336 e. The summed E-state index contributed by atoms with van der Waals surface area (Å²) >= 11 is 0. The Balaban J connectivity index is 1.55. The summed E-state index contributed by atoms with van der Waals surface area (Å²) in [5.74, 6) is -0.970. The fourth-order valence-corrected chi connectivity index (χ4v) is 5.94. The number of benzene rings is 3. The Labute approximate surface area is 251 Å². The van der Waals surface area contributed by atoms with Gasteiger partial charge >= 0.3 is 11.9 Å². The summed E-state index contributed by atoms with van der Waals surface area (Å²) in [7, 11) is 1.62. The molecule has 222 valence electrons. The lowest BCUT2D eigenvalue weighted by Gasteiger charge is -2.38. The Kier molecular flexibility index (Phi) is 9.04. The predicted octanol–water partition coefficient (Wildman–Crippen LogP) is 6.34. The number of methoxy groups -OCH3 is 1. The number of hydrogen-bond acceptors (Lipinski definition) is 8. The molecular formula is C35H35NO7. The van der Waals surface area contributed by atoms with Crippen molar-refractivity contribution in [1.82, 2.24) is 0 Å². The summed E-state index contributed by atoms with van der Waals surface area (Å²) in [5.41, 5.74) is 4.15. The first-order chi connectivity index (χ1) is 20.8. The van der Waals surface area contributed by atoms with Crippen LogP contribution in [0.25, 0.3) is 0 Å². The van der Waals surface area contributed by atoms with Crippen LogP contribution >= 0.6 is 0 Å². The van der Waals surface area contributed by atoms with Crippen LogP contribution in [0.5, 0.6) is 17.2 Å². The van der Waals surface area contributed by atoms with Gasteiger partial charge in [0.2, 0.25) is 0 Å². The van der Waals surface area contributed by atoms with Gasteiger partial charge in [-0.3, -0.25) is 14.6 Å². The van der Waals surface area contributed by atoms with E-state index in [4.69, 9.17) is 23.9 Å². The van der Waals surface area contributed by atoms with Crippen LogP contribution in [-0.2, 0) is 25.7 Å². The molecule has 2 aliphatic rings. The highest BCUT2D eigenvalue weighted by Crippen LogP contribution is 2.47. The van der Waals surface area contributed by atoms with Crippen LogP contribution in [0.1, 0.15) is 62.1 Å². The zero-order valence-corrected chi connectivity index (χ0v) is 24.8. The average Bonchev–Trinajstić information content (AvgIpc) is 3.00. The van der Waals surface area contributed by atoms with Crippen LogP contribution in [0.2, 0.25) is 0 Å². The smallest absolute Gasteiger partial charge is 0.336 e. The summed E-state index contributed by atoms with van der Waals surface area (Å²) in [4.78, 5) is 44.4. The third-order valence-corrected chi connectivity index (χ3v) is 7.85. The second-order valence-corrected chi connectivity index (χ2v) is 10.7. The van der Waals surface area contributed by atoms with E-state index in [1.54, 1.807) is 32.2 Å². The molecule has 8 nitrogen and oxygen atoms in total. The molecule has 5 rings (SSSR count).